The zero-order valence-corrected chi connectivity index (χ0v) is 19.4. The number of hydrogen-bond acceptors (Lipinski definition) is 7. The summed E-state index contributed by atoms with van der Waals surface area (Å²) >= 11 is 0. The first-order chi connectivity index (χ1) is 17.0. The lowest BCUT2D eigenvalue weighted by Gasteiger charge is -2.11. The maximum absolute atomic E-state index is 12.5. The topological polar surface area (TPSA) is 123 Å². The molecule has 10 heteroatoms. The second-order valence-corrected chi connectivity index (χ2v) is 7.65. The van der Waals surface area contributed by atoms with Gasteiger partial charge in [-0.25, -0.2) is 4.68 Å². The molecule has 0 saturated heterocycles. The van der Waals surface area contributed by atoms with E-state index >= 15 is 0 Å². The van der Waals surface area contributed by atoms with Crippen molar-refractivity contribution in [2.75, 3.05) is 29.1 Å². The van der Waals surface area contributed by atoms with E-state index in [-0.39, 0.29) is 18.4 Å². The van der Waals surface area contributed by atoms with Crippen LogP contribution in [0.5, 0.6) is 5.75 Å². The van der Waals surface area contributed by atoms with Crippen molar-refractivity contribution in [2.24, 2.45) is 0 Å². The van der Waals surface area contributed by atoms with E-state index in [2.05, 4.69) is 31.5 Å². The molecule has 3 aromatic carbocycles. The number of anilines is 3. The van der Waals surface area contributed by atoms with Gasteiger partial charge in [-0.1, -0.05) is 0 Å². The Balaban J connectivity index is 1.27. The third kappa shape index (κ3) is 6.20. The van der Waals surface area contributed by atoms with E-state index in [1.54, 1.807) is 53.2 Å². The van der Waals surface area contributed by atoms with Crippen LogP contribution in [0.15, 0.2) is 73.1 Å². The van der Waals surface area contributed by atoms with Crippen LogP contribution in [-0.2, 0) is 4.79 Å². The van der Waals surface area contributed by atoms with E-state index < -0.39 is 0 Å². The Morgan fingerprint density at radius 2 is 1.60 bits per heavy atom. The summed E-state index contributed by atoms with van der Waals surface area (Å²) in [6, 6.07) is 19.5. The van der Waals surface area contributed by atoms with Gasteiger partial charge in [-0.2, -0.15) is 0 Å². The van der Waals surface area contributed by atoms with Crippen molar-refractivity contribution in [2.45, 2.75) is 13.8 Å². The molecule has 178 valence electrons. The first kappa shape index (κ1) is 23.4. The van der Waals surface area contributed by atoms with Gasteiger partial charge >= 0.3 is 0 Å². The van der Waals surface area contributed by atoms with Gasteiger partial charge in [0.05, 0.1) is 18.8 Å². The molecule has 0 atom stereocenters. The van der Waals surface area contributed by atoms with Gasteiger partial charge in [0.2, 0.25) is 5.91 Å². The third-order valence-electron chi connectivity index (χ3n) is 5.10. The van der Waals surface area contributed by atoms with Crippen molar-refractivity contribution in [1.29, 1.82) is 0 Å². The lowest BCUT2D eigenvalue weighted by Crippen LogP contribution is -2.22. The molecule has 35 heavy (non-hydrogen) atoms. The Morgan fingerprint density at radius 3 is 2.26 bits per heavy atom. The van der Waals surface area contributed by atoms with Crippen LogP contribution in [0.4, 0.5) is 17.1 Å². The highest BCUT2D eigenvalue weighted by Gasteiger charge is 2.09. The minimum atomic E-state index is -0.241. The van der Waals surface area contributed by atoms with Crippen LogP contribution in [0.1, 0.15) is 22.8 Å². The van der Waals surface area contributed by atoms with Crippen LogP contribution in [-0.4, -0.2) is 45.2 Å². The Hall–Kier alpha value is -4.73. The molecule has 0 spiro atoms. The molecule has 10 nitrogen and oxygen atoms in total. The maximum Gasteiger partial charge on any atom is 0.255 e. The van der Waals surface area contributed by atoms with Crippen molar-refractivity contribution >= 4 is 28.9 Å². The molecule has 1 heterocycles. The van der Waals surface area contributed by atoms with Gasteiger partial charge in [0.25, 0.3) is 5.91 Å². The summed E-state index contributed by atoms with van der Waals surface area (Å²) in [7, 11) is 0. The Labute approximate surface area is 202 Å². The molecule has 0 unspecified atom stereocenters. The van der Waals surface area contributed by atoms with Crippen molar-refractivity contribution < 1.29 is 14.3 Å². The highest BCUT2D eigenvalue weighted by Crippen LogP contribution is 2.19. The van der Waals surface area contributed by atoms with Gasteiger partial charge in [0.1, 0.15) is 12.1 Å². The predicted molar refractivity (Wildman–Crippen MR) is 133 cm³/mol. The molecule has 0 bridgehead atoms. The van der Waals surface area contributed by atoms with Gasteiger partial charge < -0.3 is 20.7 Å². The third-order valence-corrected chi connectivity index (χ3v) is 5.10. The molecule has 0 aliphatic rings. The molecule has 0 saturated carbocycles. The average Bonchev–Trinajstić information content (AvgIpc) is 3.39. The number of ether oxygens (including phenoxy) is 1. The van der Waals surface area contributed by atoms with Gasteiger partial charge in [0, 0.05) is 22.6 Å². The van der Waals surface area contributed by atoms with Crippen LogP contribution in [0.25, 0.3) is 5.69 Å². The maximum atomic E-state index is 12.5. The number of carbonyl (C=O) groups is 2. The van der Waals surface area contributed by atoms with E-state index in [0.29, 0.717) is 23.5 Å². The molecule has 4 aromatic rings. The number of hydrogen-bond donors (Lipinski definition) is 3. The minimum Gasteiger partial charge on any atom is -0.494 e. The van der Waals surface area contributed by atoms with Gasteiger partial charge in [-0.05, 0) is 96.6 Å². The molecular weight excluding hydrogens is 446 g/mol. The van der Waals surface area contributed by atoms with Gasteiger partial charge in [-0.15, -0.1) is 5.10 Å². The van der Waals surface area contributed by atoms with Crippen LogP contribution in [0.3, 0.4) is 0 Å². The van der Waals surface area contributed by atoms with E-state index in [1.807, 2.05) is 32.0 Å². The van der Waals surface area contributed by atoms with E-state index in [9.17, 15) is 9.59 Å². The molecule has 0 aliphatic heterocycles. The van der Waals surface area contributed by atoms with Crippen molar-refractivity contribution in [1.82, 2.24) is 20.2 Å². The number of nitrogens with one attached hydrogen (secondary N) is 3. The lowest BCUT2D eigenvalue weighted by molar-refractivity contribution is -0.114. The van der Waals surface area contributed by atoms with Gasteiger partial charge in [-0.3, -0.25) is 9.59 Å². The number of tetrazole rings is 1. The van der Waals surface area contributed by atoms with Crippen LogP contribution < -0.4 is 20.7 Å². The molecule has 0 fully saturated rings. The largest absolute Gasteiger partial charge is 0.494 e. The molecule has 1 aromatic heterocycles. The summed E-state index contributed by atoms with van der Waals surface area (Å²) in [5, 5.41) is 19.9. The Bertz CT molecular complexity index is 1290. The van der Waals surface area contributed by atoms with E-state index in [4.69, 9.17) is 4.74 Å². The van der Waals surface area contributed by atoms with Crippen LogP contribution >= 0.6 is 0 Å². The fraction of sp³-hybridized carbons (Fsp3) is 0.160. The lowest BCUT2D eigenvalue weighted by atomic mass is 10.1. The number of aryl methyl sites for hydroxylation is 1. The molecular formula is C25H25N7O3. The smallest absolute Gasteiger partial charge is 0.255 e. The quantitative estimate of drug-likeness (QED) is 0.340. The zero-order valence-electron chi connectivity index (χ0n) is 19.4. The second-order valence-electron chi connectivity index (χ2n) is 7.65. The number of benzene rings is 3. The van der Waals surface area contributed by atoms with Crippen LogP contribution in [0.2, 0.25) is 0 Å². The van der Waals surface area contributed by atoms with E-state index in [1.165, 1.54) is 6.33 Å². The fourth-order valence-corrected chi connectivity index (χ4v) is 3.39. The highest BCUT2D eigenvalue weighted by molar-refractivity contribution is 6.04. The number of aromatic nitrogens is 4. The van der Waals surface area contributed by atoms with Crippen LogP contribution in [0, 0.1) is 6.92 Å². The molecule has 2 amide bonds. The summed E-state index contributed by atoms with van der Waals surface area (Å²) < 4.78 is 6.98. The Kier molecular flexibility index (Phi) is 7.31. The predicted octanol–water partition coefficient (Wildman–Crippen LogP) is 3.67. The average molecular weight is 472 g/mol. The van der Waals surface area contributed by atoms with Crippen molar-refractivity contribution in [3.63, 3.8) is 0 Å². The summed E-state index contributed by atoms with van der Waals surface area (Å²) in [5.41, 5.74) is 4.37. The van der Waals surface area contributed by atoms with Crippen molar-refractivity contribution in [3.8, 4) is 11.4 Å². The standard InChI is InChI=1S/C25H25N7O3/c1-3-35-22-11-8-20(9-12-22)29-25(34)18-4-6-19(7-5-18)28-24(33)15-26-21-10-13-23(17(2)14-21)32-16-27-30-31-32/h4-14,16,26H,3,15H2,1-2H3,(H,28,33)(H,29,34). The van der Waals surface area contributed by atoms with Gasteiger partial charge in [0.15, 0.2) is 0 Å². The molecule has 3 N–H and O–H groups in total. The first-order valence-electron chi connectivity index (χ1n) is 11.0. The molecule has 4 rings (SSSR count). The highest BCUT2D eigenvalue weighted by atomic mass is 16.5. The SMILES string of the molecule is CCOc1ccc(NC(=O)c2ccc(NC(=O)CNc3ccc(-n4cnnn4)c(C)c3)cc2)cc1. The number of rotatable bonds is 9. The fourth-order valence-electron chi connectivity index (χ4n) is 3.39. The molecule has 0 aliphatic carbocycles. The normalized spacial score (nSPS) is 10.5. The Morgan fingerprint density at radius 1 is 0.914 bits per heavy atom. The number of carbonyl (C=O) groups excluding carboxylic acids is 2. The second kappa shape index (κ2) is 10.9. The summed E-state index contributed by atoms with van der Waals surface area (Å²) in [5.74, 6) is 0.296. The number of nitrogens with zero attached hydrogens (tertiary/aromatic N) is 4. The first-order valence-corrected chi connectivity index (χ1v) is 11.0. The summed E-state index contributed by atoms with van der Waals surface area (Å²) in [6.07, 6.45) is 1.53. The van der Waals surface area contributed by atoms with Crippen molar-refractivity contribution in [3.05, 3.63) is 84.2 Å². The summed E-state index contributed by atoms with van der Waals surface area (Å²) in [6.45, 7) is 4.53. The summed E-state index contributed by atoms with van der Waals surface area (Å²) in [4.78, 5) is 24.9. The number of amides is 2. The molecule has 0 radical (unpaired) electrons. The van der Waals surface area contributed by atoms with E-state index in [0.717, 1.165) is 22.7 Å². The zero-order chi connectivity index (χ0) is 24.6. The monoisotopic (exact) mass is 471 g/mol. The minimum absolute atomic E-state index is 0.0870.